The van der Waals surface area contributed by atoms with Gasteiger partial charge in [0.05, 0.1) is 0 Å². The predicted octanol–water partition coefficient (Wildman–Crippen LogP) is 6.57. The average Bonchev–Trinajstić information content (AvgIpc) is 2.85. The first-order valence-electron chi connectivity index (χ1n) is 13.0. The van der Waals surface area contributed by atoms with Crippen LogP contribution >= 0.6 is 11.6 Å². The molecule has 1 atom stereocenters. The van der Waals surface area contributed by atoms with Crippen LogP contribution in [0.3, 0.4) is 0 Å². The Kier molecular flexibility index (Phi) is 9.61. The van der Waals surface area contributed by atoms with Gasteiger partial charge in [-0.1, -0.05) is 93.0 Å². The third-order valence-corrected chi connectivity index (χ3v) is 6.33. The molecule has 0 aliphatic carbocycles. The number of nitrogens with zero attached hydrogens (tertiary/aromatic N) is 1. The van der Waals surface area contributed by atoms with Gasteiger partial charge in [0.25, 0.3) is 5.91 Å². The molecule has 0 saturated heterocycles. The van der Waals surface area contributed by atoms with Crippen LogP contribution < -0.4 is 10.1 Å². The van der Waals surface area contributed by atoms with E-state index in [1.54, 1.807) is 17.0 Å². The van der Waals surface area contributed by atoms with E-state index in [2.05, 4.69) is 26.1 Å². The number of amides is 2. The zero-order valence-corrected chi connectivity index (χ0v) is 24.0. The lowest BCUT2D eigenvalue weighted by Crippen LogP contribution is -2.55. The molecule has 0 fully saturated rings. The minimum atomic E-state index is -0.735. The molecule has 0 saturated carbocycles. The van der Waals surface area contributed by atoms with E-state index in [1.807, 2.05) is 87.5 Å². The lowest BCUT2D eigenvalue weighted by Gasteiger charge is -2.34. The minimum Gasteiger partial charge on any atom is -0.483 e. The molecule has 3 rings (SSSR count). The van der Waals surface area contributed by atoms with Gasteiger partial charge < -0.3 is 15.0 Å². The summed E-state index contributed by atoms with van der Waals surface area (Å²) < 4.78 is 6.10. The monoisotopic (exact) mass is 534 g/mol. The number of hydrogen-bond donors (Lipinski definition) is 1. The van der Waals surface area contributed by atoms with E-state index < -0.39 is 11.6 Å². The van der Waals surface area contributed by atoms with Gasteiger partial charge in [-0.2, -0.15) is 0 Å². The molecule has 2 amide bonds. The number of carbonyl (C=O) groups excluding carboxylic acids is 2. The SMILES string of the molecule is CC(C)(C)NC(=O)[C@H](Cc1ccccc1)N(Cc1ccc(Cl)cc1)C(=O)COc1ccccc1C(C)(C)C. The molecule has 3 aromatic carbocycles. The molecule has 0 aliphatic rings. The zero-order valence-electron chi connectivity index (χ0n) is 23.3. The summed E-state index contributed by atoms with van der Waals surface area (Å²) in [5.41, 5.74) is 2.26. The van der Waals surface area contributed by atoms with Gasteiger partial charge in [0, 0.05) is 23.5 Å². The fourth-order valence-electron chi connectivity index (χ4n) is 4.23. The molecule has 38 heavy (non-hydrogen) atoms. The fourth-order valence-corrected chi connectivity index (χ4v) is 4.35. The van der Waals surface area contributed by atoms with Crippen molar-refractivity contribution in [3.63, 3.8) is 0 Å². The molecule has 0 aliphatic heterocycles. The summed E-state index contributed by atoms with van der Waals surface area (Å²) in [6.07, 6.45) is 0.376. The van der Waals surface area contributed by atoms with Gasteiger partial charge in [-0.05, 0) is 61.1 Å². The number of rotatable bonds is 9. The highest BCUT2D eigenvalue weighted by Crippen LogP contribution is 2.31. The first kappa shape index (κ1) is 29.2. The molecule has 6 heteroatoms. The summed E-state index contributed by atoms with van der Waals surface area (Å²) in [5, 5.41) is 3.69. The maximum Gasteiger partial charge on any atom is 0.261 e. The second-order valence-corrected chi connectivity index (χ2v) is 12.1. The molecule has 0 spiro atoms. The average molecular weight is 535 g/mol. The Morgan fingerprint density at radius 2 is 1.45 bits per heavy atom. The van der Waals surface area contributed by atoms with E-state index in [0.717, 1.165) is 16.7 Å². The number of halogens is 1. The largest absolute Gasteiger partial charge is 0.483 e. The van der Waals surface area contributed by atoms with Crippen LogP contribution in [-0.4, -0.2) is 34.9 Å². The summed E-state index contributed by atoms with van der Waals surface area (Å²) >= 11 is 6.11. The van der Waals surface area contributed by atoms with E-state index in [0.29, 0.717) is 17.2 Å². The number of carbonyl (C=O) groups is 2. The lowest BCUT2D eigenvalue weighted by molar-refractivity contribution is -0.143. The molecule has 202 valence electrons. The Hall–Kier alpha value is -3.31. The Morgan fingerprint density at radius 1 is 0.842 bits per heavy atom. The molecule has 3 aromatic rings. The van der Waals surface area contributed by atoms with Crippen LogP contribution in [0, 0.1) is 0 Å². The Morgan fingerprint density at radius 3 is 2.05 bits per heavy atom. The van der Waals surface area contributed by atoms with Gasteiger partial charge in [0.1, 0.15) is 11.8 Å². The quantitative estimate of drug-likeness (QED) is 0.338. The van der Waals surface area contributed by atoms with Gasteiger partial charge in [0.2, 0.25) is 5.91 Å². The maximum absolute atomic E-state index is 13.8. The molecule has 0 aromatic heterocycles. The Bertz CT molecular complexity index is 1210. The third kappa shape index (κ3) is 8.63. The highest BCUT2D eigenvalue weighted by atomic mass is 35.5. The van der Waals surface area contributed by atoms with Crippen molar-refractivity contribution >= 4 is 23.4 Å². The van der Waals surface area contributed by atoms with Crippen LogP contribution in [-0.2, 0) is 28.0 Å². The molecule has 5 nitrogen and oxygen atoms in total. The van der Waals surface area contributed by atoms with Crippen molar-refractivity contribution in [2.45, 2.75) is 71.5 Å². The number of para-hydroxylation sites is 1. The van der Waals surface area contributed by atoms with Gasteiger partial charge in [-0.3, -0.25) is 9.59 Å². The van der Waals surface area contributed by atoms with Crippen molar-refractivity contribution in [3.05, 3.63) is 101 Å². The number of hydrogen-bond acceptors (Lipinski definition) is 3. The van der Waals surface area contributed by atoms with Crippen molar-refractivity contribution in [1.82, 2.24) is 10.2 Å². The van der Waals surface area contributed by atoms with Crippen LogP contribution in [0.4, 0.5) is 0 Å². The first-order chi connectivity index (χ1) is 17.8. The van der Waals surface area contributed by atoms with Crippen molar-refractivity contribution in [2.24, 2.45) is 0 Å². The van der Waals surface area contributed by atoms with Crippen LogP contribution in [0.2, 0.25) is 5.02 Å². The topological polar surface area (TPSA) is 58.6 Å². The summed E-state index contributed by atoms with van der Waals surface area (Å²) in [4.78, 5) is 29.1. The third-order valence-electron chi connectivity index (χ3n) is 6.08. The summed E-state index contributed by atoms with van der Waals surface area (Å²) in [6, 6.07) is 24.1. The summed E-state index contributed by atoms with van der Waals surface area (Å²) in [7, 11) is 0. The molecule has 0 heterocycles. The van der Waals surface area contributed by atoms with Gasteiger partial charge in [-0.15, -0.1) is 0 Å². The number of benzene rings is 3. The molecule has 0 radical (unpaired) electrons. The van der Waals surface area contributed by atoms with Crippen LogP contribution in [0.5, 0.6) is 5.75 Å². The van der Waals surface area contributed by atoms with Crippen LogP contribution in [0.1, 0.15) is 58.2 Å². The standard InChI is InChI=1S/C32H39ClN2O3/c1-31(2,3)26-14-10-11-15-28(26)38-22-29(36)35(21-24-16-18-25(33)19-17-24)27(30(37)34-32(4,5)6)20-23-12-8-7-9-13-23/h7-19,27H,20-22H2,1-6H3,(H,34,37)/t27-/m0/s1. The molecular formula is C32H39ClN2O3. The summed E-state index contributed by atoms with van der Waals surface area (Å²) in [6.45, 7) is 12.2. The number of ether oxygens (including phenoxy) is 1. The van der Waals surface area contributed by atoms with E-state index in [4.69, 9.17) is 16.3 Å². The van der Waals surface area contributed by atoms with Crippen LogP contribution in [0.25, 0.3) is 0 Å². The predicted molar refractivity (Wildman–Crippen MR) is 154 cm³/mol. The van der Waals surface area contributed by atoms with Gasteiger partial charge >= 0.3 is 0 Å². The van der Waals surface area contributed by atoms with E-state index in [9.17, 15) is 9.59 Å². The minimum absolute atomic E-state index is 0.148. The summed E-state index contributed by atoms with van der Waals surface area (Å²) in [5.74, 6) is 0.186. The first-order valence-corrected chi connectivity index (χ1v) is 13.3. The highest BCUT2D eigenvalue weighted by Gasteiger charge is 2.32. The molecule has 1 N–H and O–H groups in total. The van der Waals surface area contributed by atoms with Crippen molar-refractivity contribution in [2.75, 3.05) is 6.61 Å². The fraction of sp³-hybridized carbons (Fsp3) is 0.375. The Balaban J connectivity index is 1.95. The van der Waals surface area contributed by atoms with Gasteiger partial charge in [-0.25, -0.2) is 0 Å². The zero-order chi connectivity index (χ0) is 27.9. The molecule has 0 bridgehead atoms. The second-order valence-electron chi connectivity index (χ2n) is 11.6. The van der Waals surface area contributed by atoms with E-state index in [-0.39, 0.29) is 30.4 Å². The normalized spacial score (nSPS) is 12.5. The van der Waals surface area contributed by atoms with Gasteiger partial charge in [0.15, 0.2) is 6.61 Å². The molecular weight excluding hydrogens is 496 g/mol. The Labute approximate surface area is 232 Å². The number of nitrogens with one attached hydrogen (secondary N) is 1. The smallest absolute Gasteiger partial charge is 0.261 e. The van der Waals surface area contributed by atoms with E-state index >= 15 is 0 Å². The van der Waals surface area contributed by atoms with Crippen molar-refractivity contribution in [3.8, 4) is 5.75 Å². The van der Waals surface area contributed by atoms with Crippen LogP contribution in [0.15, 0.2) is 78.9 Å². The van der Waals surface area contributed by atoms with Crippen molar-refractivity contribution in [1.29, 1.82) is 0 Å². The lowest BCUT2D eigenvalue weighted by atomic mass is 9.86. The highest BCUT2D eigenvalue weighted by molar-refractivity contribution is 6.30. The van der Waals surface area contributed by atoms with Crippen molar-refractivity contribution < 1.29 is 14.3 Å². The second kappa shape index (κ2) is 12.5. The maximum atomic E-state index is 13.8. The van der Waals surface area contributed by atoms with E-state index in [1.165, 1.54) is 0 Å². The molecule has 0 unspecified atom stereocenters.